The molecule has 0 radical (unpaired) electrons. The molecule has 0 aromatic heterocycles. The SMILES string of the molecule is CC1(C)c2ccccc2-c2ccc(N(c3ccc(-c4ccccc4-c4ccc(N(c5ccc6c(c5)C(C)(C)c5ccccc5-6)c5ccc(-c6ccccc6)c6ccccc56)cc4)cc3)c3ccc(-c4ccccc4)c4ccccc34)cc21. The van der Waals surface area contributed by atoms with Crippen molar-refractivity contribution in [1.82, 2.24) is 0 Å². The zero-order valence-corrected chi connectivity index (χ0v) is 46.6. The average Bonchev–Trinajstić information content (AvgIpc) is 4.09. The van der Waals surface area contributed by atoms with Gasteiger partial charge in [-0.25, -0.2) is 0 Å². The average molecular weight is 1050 g/mol. The molecule has 0 heterocycles. The smallest absolute Gasteiger partial charge is 0.0540 e. The van der Waals surface area contributed by atoms with E-state index in [0.717, 1.165) is 45.3 Å². The number of fused-ring (bicyclic) bond motifs is 8. The summed E-state index contributed by atoms with van der Waals surface area (Å²) in [6, 6.07) is 108. The number of rotatable bonds is 10. The minimum Gasteiger partial charge on any atom is -0.310 e. The van der Waals surface area contributed by atoms with Crippen LogP contribution in [0.5, 0.6) is 0 Å². The van der Waals surface area contributed by atoms with Crippen LogP contribution in [0, 0.1) is 0 Å². The molecular formula is C80H60N2. The van der Waals surface area contributed by atoms with E-state index in [-0.39, 0.29) is 10.8 Å². The highest BCUT2D eigenvalue weighted by Gasteiger charge is 2.37. The van der Waals surface area contributed by atoms with Gasteiger partial charge >= 0.3 is 0 Å². The first kappa shape index (κ1) is 49.1. The summed E-state index contributed by atoms with van der Waals surface area (Å²) >= 11 is 0. The summed E-state index contributed by atoms with van der Waals surface area (Å²) in [5.74, 6) is 0. The number of hydrogen-bond donors (Lipinski definition) is 0. The van der Waals surface area contributed by atoms with Crippen molar-refractivity contribution in [3.63, 3.8) is 0 Å². The molecule has 13 aromatic carbocycles. The van der Waals surface area contributed by atoms with E-state index in [2.05, 4.69) is 329 Å². The van der Waals surface area contributed by atoms with Crippen LogP contribution in [0.25, 0.3) is 88.3 Å². The molecule has 15 rings (SSSR count). The zero-order valence-electron chi connectivity index (χ0n) is 46.6. The number of benzene rings is 13. The molecule has 0 saturated carbocycles. The van der Waals surface area contributed by atoms with E-state index in [0.29, 0.717) is 0 Å². The molecule has 0 spiro atoms. The molecular weight excluding hydrogens is 989 g/mol. The molecule has 0 unspecified atom stereocenters. The van der Waals surface area contributed by atoms with Crippen molar-refractivity contribution in [2.24, 2.45) is 0 Å². The molecule has 0 N–H and O–H groups in total. The summed E-state index contributed by atoms with van der Waals surface area (Å²) in [5, 5.41) is 4.85. The van der Waals surface area contributed by atoms with Gasteiger partial charge in [0.1, 0.15) is 0 Å². The maximum Gasteiger partial charge on any atom is 0.0540 e. The molecule has 13 aromatic rings. The minimum absolute atomic E-state index is 0.147. The Morgan fingerprint density at radius 1 is 0.207 bits per heavy atom. The Morgan fingerprint density at radius 3 is 0.902 bits per heavy atom. The maximum absolute atomic E-state index is 2.47. The van der Waals surface area contributed by atoms with Gasteiger partial charge in [0, 0.05) is 44.4 Å². The zero-order chi connectivity index (χ0) is 55.1. The van der Waals surface area contributed by atoms with E-state index in [9.17, 15) is 0 Å². The first-order valence-corrected chi connectivity index (χ1v) is 28.7. The van der Waals surface area contributed by atoms with Crippen LogP contribution in [-0.4, -0.2) is 0 Å². The molecule has 2 nitrogen and oxygen atoms in total. The summed E-state index contributed by atoms with van der Waals surface area (Å²) in [5.41, 5.74) is 26.7. The van der Waals surface area contributed by atoms with E-state index in [1.54, 1.807) is 0 Å². The van der Waals surface area contributed by atoms with E-state index in [4.69, 9.17) is 0 Å². The monoisotopic (exact) mass is 1050 g/mol. The van der Waals surface area contributed by atoms with E-state index < -0.39 is 0 Å². The first-order chi connectivity index (χ1) is 40.2. The van der Waals surface area contributed by atoms with Crippen molar-refractivity contribution in [2.75, 3.05) is 9.80 Å². The predicted molar refractivity (Wildman–Crippen MR) is 348 cm³/mol. The lowest BCUT2D eigenvalue weighted by molar-refractivity contribution is 0.660. The van der Waals surface area contributed by atoms with Gasteiger partial charge in [-0.05, 0) is 160 Å². The van der Waals surface area contributed by atoms with Gasteiger partial charge in [-0.1, -0.05) is 258 Å². The Bertz CT molecular complexity index is 4310. The van der Waals surface area contributed by atoms with Crippen molar-refractivity contribution in [3.05, 3.63) is 313 Å². The van der Waals surface area contributed by atoms with Gasteiger partial charge in [-0.2, -0.15) is 0 Å². The van der Waals surface area contributed by atoms with Crippen molar-refractivity contribution >= 4 is 55.7 Å². The van der Waals surface area contributed by atoms with Crippen LogP contribution in [0.1, 0.15) is 49.9 Å². The van der Waals surface area contributed by atoms with E-state index >= 15 is 0 Å². The topological polar surface area (TPSA) is 6.48 Å². The van der Waals surface area contributed by atoms with Crippen LogP contribution in [0.4, 0.5) is 34.1 Å². The second-order valence-electron chi connectivity index (χ2n) is 23.2. The van der Waals surface area contributed by atoms with Gasteiger partial charge in [-0.15, -0.1) is 0 Å². The molecule has 390 valence electrons. The van der Waals surface area contributed by atoms with Crippen LogP contribution in [0.15, 0.2) is 291 Å². The maximum atomic E-state index is 2.47. The van der Waals surface area contributed by atoms with Crippen LogP contribution < -0.4 is 9.80 Å². The first-order valence-electron chi connectivity index (χ1n) is 28.7. The fourth-order valence-electron chi connectivity index (χ4n) is 13.8. The van der Waals surface area contributed by atoms with Crippen molar-refractivity contribution < 1.29 is 0 Å². The molecule has 2 aliphatic carbocycles. The third kappa shape index (κ3) is 7.92. The fraction of sp³-hybridized carbons (Fsp3) is 0.0750. The standard InChI is InChI=1S/C80H60N2/c1-79(2)73-33-19-17-29-67(73)69-45-43-59(51-75(69)79)81(77-49-47-63(53-21-7-5-8-22-53)65-27-13-15-31-71(65)77)57-39-35-55(36-40-57)61-25-11-12-26-62(61)56-37-41-58(42-38-56)82(60-44-46-70-68-30-18-20-34-74(68)80(3,4)76(70)52-60)78-50-48-64(54-23-9-6-10-24-54)66-28-14-16-32-72(66)78/h5-52H,1-4H3. The van der Waals surface area contributed by atoms with E-state index in [1.807, 2.05) is 0 Å². The van der Waals surface area contributed by atoms with Crippen LogP contribution >= 0.6 is 0 Å². The third-order valence-corrected chi connectivity index (χ3v) is 17.9. The van der Waals surface area contributed by atoms with Gasteiger partial charge in [0.2, 0.25) is 0 Å². The van der Waals surface area contributed by atoms with Crippen molar-refractivity contribution in [1.29, 1.82) is 0 Å². The number of nitrogens with zero attached hydrogens (tertiary/aromatic N) is 2. The lowest BCUT2D eigenvalue weighted by atomic mass is 9.82. The molecule has 0 aliphatic heterocycles. The number of hydrogen-bond acceptors (Lipinski definition) is 2. The Morgan fingerprint density at radius 2 is 0.500 bits per heavy atom. The molecule has 0 amide bonds. The molecule has 0 fully saturated rings. The second kappa shape index (κ2) is 19.4. The van der Waals surface area contributed by atoms with Gasteiger partial charge in [0.05, 0.1) is 11.4 Å². The molecule has 2 aliphatic rings. The summed E-state index contributed by atoms with van der Waals surface area (Å²) in [4.78, 5) is 4.94. The lowest BCUT2D eigenvalue weighted by Gasteiger charge is -2.30. The Hall–Kier alpha value is -10.0. The largest absolute Gasteiger partial charge is 0.310 e. The minimum atomic E-state index is -0.147. The highest BCUT2D eigenvalue weighted by Crippen LogP contribution is 2.54. The molecule has 0 bridgehead atoms. The Balaban J connectivity index is 0.827. The Kier molecular flexibility index (Phi) is 11.6. The summed E-state index contributed by atoms with van der Waals surface area (Å²) in [6.07, 6.45) is 0. The fourth-order valence-corrected chi connectivity index (χ4v) is 13.8. The third-order valence-electron chi connectivity index (χ3n) is 17.9. The highest BCUT2D eigenvalue weighted by atomic mass is 15.1. The molecule has 0 atom stereocenters. The van der Waals surface area contributed by atoms with Crippen molar-refractivity contribution in [3.8, 4) is 66.8 Å². The van der Waals surface area contributed by atoms with E-state index in [1.165, 1.54) is 99.4 Å². The molecule has 2 heteroatoms. The Labute approximate surface area is 481 Å². The van der Waals surface area contributed by atoms with Crippen molar-refractivity contribution in [2.45, 2.75) is 38.5 Å². The van der Waals surface area contributed by atoms with Crippen LogP contribution in [-0.2, 0) is 10.8 Å². The normalized spacial score (nSPS) is 13.3. The summed E-state index contributed by atoms with van der Waals surface area (Å²) in [7, 11) is 0. The number of anilines is 6. The van der Waals surface area contributed by atoms with Crippen LogP contribution in [0.3, 0.4) is 0 Å². The highest BCUT2D eigenvalue weighted by molar-refractivity contribution is 6.08. The lowest BCUT2D eigenvalue weighted by Crippen LogP contribution is -2.16. The van der Waals surface area contributed by atoms with Gasteiger partial charge < -0.3 is 9.80 Å². The summed E-state index contributed by atoms with van der Waals surface area (Å²) in [6.45, 7) is 9.47. The quantitative estimate of drug-likeness (QED) is 0.135. The second-order valence-corrected chi connectivity index (χ2v) is 23.2. The van der Waals surface area contributed by atoms with Gasteiger partial charge in [0.15, 0.2) is 0 Å². The summed E-state index contributed by atoms with van der Waals surface area (Å²) < 4.78 is 0. The molecule has 82 heavy (non-hydrogen) atoms. The predicted octanol–water partition coefficient (Wildman–Crippen LogP) is 22.2. The van der Waals surface area contributed by atoms with Gasteiger partial charge in [-0.3, -0.25) is 0 Å². The van der Waals surface area contributed by atoms with Crippen LogP contribution in [0.2, 0.25) is 0 Å². The van der Waals surface area contributed by atoms with Gasteiger partial charge in [0.25, 0.3) is 0 Å². The molecule has 0 saturated heterocycles.